The molecular weight excluding hydrogens is 183 g/mol. The fourth-order valence-electron chi connectivity index (χ4n) is 0.824. The molecule has 0 aliphatic carbocycles. The van der Waals surface area contributed by atoms with Crippen molar-refractivity contribution in [1.82, 2.24) is 5.32 Å². The van der Waals surface area contributed by atoms with E-state index in [0.29, 0.717) is 0 Å². The fourth-order valence-corrected chi connectivity index (χ4v) is 0.824. The van der Waals surface area contributed by atoms with Crippen LogP contribution in [0.15, 0.2) is 12.2 Å². The second kappa shape index (κ2) is 4.30. The second-order valence-electron chi connectivity index (χ2n) is 2.82. The first-order chi connectivity index (χ1) is 5.79. The van der Waals surface area contributed by atoms with E-state index in [4.69, 9.17) is 0 Å². The molecule has 1 unspecified atom stereocenters. The average Bonchev–Trinajstić information content (AvgIpc) is 2.01. The van der Waals surface area contributed by atoms with Gasteiger partial charge in [0.1, 0.15) is 0 Å². The molecule has 0 saturated heterocycles. The van der Waals surface area contributed by atoms with Crippen LogP contribution >= 0.6 is 0 Å². The molecule has 13 heavy (non-hydrogen) atoms. The molecule has 0 radical (unpaired) electrons. The van der Waals surface area contributed by atoms with Gasteiger partial charge in [0.15, 0.2) is 0 Å². The second-order valence-corrected chi connectivity index (χ2v) is 2.82. The summed E-state index contributed by atoms with van der Waals surface area (Å²) in [7, 11) is 1.38. The van der Waals surface area contributed by atoms with Crippen molar-refractivity contribution in [2.45, 2.75) is 19.5 Å². The summed E-state index contributed by atoms with van der Waals surface area (Å²) in [5.41, 5.74) is -0.872. The molecule has 0 bridgehead atoms. The van der Waals surface area contributed by atoms with Gasteiger partial charge < -0.3 is 5.32 Å². The van der Waals surface area contributed by atoms with E-state index < -0.39 is 23.6 Å². The molecular formula is C8H12F3NO. The van der Waals surface area contributed by atoms with E-state index in [1.165, 1.54) is 14.0 Å². The van der Waals surface area contributed by atoms with Gasteiger partial charge in [0.05, 0.1) is 0 Å². The summed E-state index contributed by atoms with van der Waals surface area (Å²) >= 11 is 0. The van der Waals surface area contributed by atoms with E-state index in [9.17, 15) is 18.0 Å². The van der Waals surface area contributed by atoms with E-state index in [1.54, 1.807) is 0 Å². The highest BCUT2D eigenvalue weighted by Crippen LogP contribution is 2.28. The number of amides is 1. The Kier molecular flexibility index (Phi) is 3.97. The highest BCUT2D eigenvalue weighted by molar-refractivity contribution is 5.78. The average molecular weight is 195 g/mol. The zero-order valence-corrected chi connectivity index (χ0v) is 7.53. The van der Waals surface area contributed by atoms with Gasteiger partial charge in [-0.05, 0) is 6.42 Å². The lowest BCUT2D eigenvalue weighted by Gasteiger charge is -2.13. The van der Waals surface area contributed by atoms with Crippen LogP contribution < -0.4 is 5.32 Å². The summed E-state index contributed by atoms with van der Waals surface area (Å²) in [5, 5.41) is 2.27. The van der Waals surface area contributed by atoms with E-state index in [2.05, 4.69) is 11.9 Å². The van der Waals surface area contributed by atoms with Crippen molar-refractivity contribution in [3.8, 4) is 0 Å². The number of halogens is 3. The zero-order chi connectivity index (χ0) is 10.6. The van der Waals surface area contributed by atoms with Crippen molar-refractivity contribution >= 4 is 5.91 Å². The van der Waals surface area contributed by atoms with Crippen LogP contribution in [0, 0.1) is 5.92 Å². The van der Waals surface area contributed by atoms with Gasteiger partial charge in [0, 0.05) is 18.5 Å². The lowest BCUT2D eigenvalue weighted by molar-refractivity contribution is -0.125. The maximum Gasteiger partial charge on any atom is 0.412 e. The molecule has 1 amide bonds. The smallest absolute Gasteiger partial charge is 0.359 e. The van der Waals surface area contributed by atoms with Gasteiger partial charge in [-0.2, -0.15) is 13.2 Å². The van der Waals surface area contributed by atoms with Crippen molar-refractivity contribution in [2.75, 3.05) is 7.05 Å². The third-order valence-corrected chi connectivity index (χ3v) is 1.65. The molecule has 76 valence electrons. The monoisotopic (exact) mass is 195 g/mol. The quantitative estimate of drug-likeness (QED) is 0.684. The molecule has 0 fully saturated rings. The third kappa shape index (κ3) is 3.96. The molecule has 1 atom stereocenters. The first-order valence-corrected chi connectivity index (χ1v) is 3.75. The molecule has 5 heteroatoms. The standard InChI is InChI=1S/C8H12F3NO/c1-5(7(13)12-3)4-6(2)8(9,10)11/h5H,2,4H2,1,3H3,(H,12,13). The zero-order valence-electron chi connectivity index (χ0n) is 7.53. The Bertz CT molecular complexity index is 210. The number of alkyl halides is 3. The summed E-state index contributed by atoms with van der Waals surface area (Å²) in [4.78, 5) is 10.9. The molecule has 0 aliphatic rings. The predicted molar refractivity (Wildman–Crippen MR) is 43.0 cm³/mol. The van der Waals surface area contributed by atoms with Crippen molar-refractivity contribution < 1.29 is 18.0 Å². The van der Waals surface area contributed by atoms with Crippen LogP contribution in [0.4, 0.5) is 13.2 Å². The summed E-state index contributed by atoms with van der Waals surface area (Å²) in [6.45, 7) is 4.30. The van der Waals surface area contributed by atoms with Gasteiger partial charge in [0.25, 0.3) is 0 Å². The predicted octanol–water partition coefficient (Wildman–Crippen LogP) is 1.88. The first kappa shape index (κ1) is 12.0. The minimum Gasteiger partial charge on any atom is -0.359 e. The van der Waals surface area contributed by atoms with Crippen molar-refractivity contribution in [3.63, 3.8) is 0 Å². The molecule has 0 spiro atoms. The van der Waals surface area contributed by atoms with Crippen LogP contribution in [0.3, 0.4) is 0 Å². The van der Waals surface area contributed by atoms with Crippen molar-refractivity contribution in [1.29, 1.82) is 0 Å². The Morgan fingerprint density at radius 2 is 2.00 bits per heavy atom. The van der Waals surface area contributed by atoms with Crippen LogP contribution in [0.5, 0.6) is 0 Å². The summed E-state index contributed by atoms with van der Waals surface area (Å²) in [6, 6.07) is 0. The van der Waals surface area contributed by atoms with Crippen molar-refractivity contribution in [2.24, 2.45) is 5.92 Å². The molecule has 0 saturated carbocycles. The molecule has 0 heterocycles. The minimum atomic E-state index is -4.40. The molecule has 0 aromatic carbocycles. The van der Waals surface area contributed by atoms with Crippen LogP contribution in [-0.4, -0.2) is 19.1 Å². The Morgan fingerprint density at radius 3 is 2.31 bits per heavy atom. The highest BCUT2D eigenvalue weighted by Gasteiger charge is 2.33. The molecule has 0 aromatic rings. The lowest BCUT2D eigenvalue weighted by Crippen LogP contribution is -2.27. The number of carbonyl (C=O) groups is 1. The Morgan fingerprint density at radius 1 is 1.54 bits per heavy atom. The SMILES string of the molecule is C=C(CC(C)C(=O)NC)C(F)(F)F. The number of rotatable bonds is 3. The summed E-state index contributed by atoms with van der Waals surface area (Å²) < 4.78 is 35.8. The minimum absolute atomic E-state index is 0.358. The number of hydrogen-bond acceptors (Lipinski definition) is 1. The highest BCUT2D eigenvalue weighted by atomic mass is 19.4. The van der Waals surface area contributed by atoms with Crippen LogP contribution in [-0.2, 0) is 4.79 Å². The van der Waals surface area contributed by atoms with Crippen molar-refractivity contribution in [3.05, 3.63) is 12.2 Å². The van der Waals surface area contributed by atoms with Gasteiger partial charge >= 0.3 is 6.18 Å². The van der Waals surface area contributed by atoms with Crippen LogP contribution in [0.25, 0.3) is 0 Å². The third-order valence-electron chi connectivity index (χ3n) is 1.65. The fraction of sp³-hybridized carbons (Fsp3) is 0.625. The van der Waals surface area contributed by atoms with E-state index in [0.717, 1.165) is 0 Å². The van der Waals surface area contributed by atoms with Crippen LogP contribution in [0.2, 0.25) is 0 Å². The topological polar surface area (TPSA) is 29.1 Å². The van der Waals surface area contributed by atoms with Crippen LogP contribution in [0.1, 0.15) is 13.3 Å². The maximum atomic E-state index is 11.9. The van der Waals surface area contributed by atoms with E-state index in [-0.39, 0.29) is 6.42 Å². The van der Waals surface area contributed by atoms with E-state index in [1.807, 2.05) is 0 Å². The number of hydrogen-bond donors (Lipinski definition) is 1. The number of carbonyl (C=O) groups excluding carboxylic acids is 1. The van der Waals surface area contributed by atoms with Gasteiger partial charge in [-0.25, -0.2) is 0 Å². The van der Waals surface area contributed by atoms with Gasteiger partial charge in [-0.15, -0.1) is 0 Å². The Balaban J connectivity index is 4.15. The summed E-state index contributed by atoms with van der Waals surface area (Å²) in [5.74, 6) is -1.11. The molecule has 0 aliphatic heterocycles. The number of allylic oxidation sites excluding steroid dienone is 1. The maximum absolute atomic E-state index is 11.9. The van der Waals surface area contributed by atoms with Gasteiger partial charge in [-0.3, -0.25) is 4.79 Å². The van der Waals surface area contributed by atoms with E-state index >= 15 is 0 Å². The van der Waals surface area contributed by atoms with Gasteiger partial charge in [0.2, 0.25) is 5.91 Å². The Hall–Kier alpha value is -1.00. The molecule has 0 aromatic heterocycles. The molecule has 2 nitrogen and oxygen atoms in total. The molecule has 0 rings (SSSR count). The largest absolute Gasteiger partial charge is 0.412 e. The summed E-state index contributed by atoms with van der Waals surface area (Å²) in [6.07, 6.45) is -4.76. The normalized spacial score (nSPS) is 13.6. The lowest BCUT2D eigenvalue weighted by atomic mass is 10.0. The number of nitrogens with one attached hydrogen (secondary N) is 1. The Labute approximate surface area is 74.8 Å². The molecule has 1 N–H and O–H groups in total. The first-order valence-electron chi connectivity index (χ1n) is 3.75. The van der Waals surface area contributed by atoms with Gasteiger partial charge in [-0.1, -0.05) is 13.5 Å².